The van der Waals surface area contributed by atoms with Crippen LogP contribution in [0.2, 0.25) is 0 Å². The number of unbranched alkanes of at least 4 members (excludes halogenated alkanes) is 51. The molecule has 0 aromatic rings. The van der Waals surface area contributed by atoms with Gasteiger partial charge in [-0.2, -0.15) is 0 Å². The van der Waals surface area contributed by atoms with E-state index >= 15 is 0 Å². The zero-order valence-electron chi connectivity index (χ0n) is 63.9. The molecule has 3 N–H and O–H groups in total. The summed E-state index contributed by atoms with van der Waals surface area (Å²) >= 11 is 0. The van der Waals surface area contributed by atoms with Gasteiger partial charge in [0.25, 0.3) is 0 Å². The number of aliphatic hydroxyl groups excluding tert-OH is 1. The largest absolute Gasteiger partial charge is 0.472 e. The number of rotatable bonds is 79. The van der Waals surface area contributed by atoms with Crippen LogP contribution in [0, 0.1) is 5.92 Å². The molecule has 0 saturated heterocycles. The molecule has 0 saturated carbocycles. The molecule has 0 aromatic heterocycles. The number of aliphatic hydroxyl groups is 1. The van der Waals surface area contributed by atoms with E-state index in [9.17, 15) is 43.2 Å². The van der Waals surface area contributed by atoms with Gasteiger partial charge in [0.05, 0.1) is 26.4 Å². The van der Waals surface area contributed by atoms with Crippen LogP contribution in [0.1, 0.15) is 420 Å². The summed E-state index contributed by atoms with van der Waals surface area (Å²) in [6.45, 7) is 7.29. The number of ether oxygens (including phenoxy) is 4. The monoisotopic (exact) mass is 1440 g/mol. The van der Waals surface area contributed by atoms with Gasteiger partial charge in [0.1, 0.15) is 19.3 Å². The van der Waals surface area contributed by atoms with Crippen molar-refractivity contribution in [2.75, 3.05) is 39.6 Å². The number of phosphoric ester groups is 2. The Hall–Kier alpha value is -1.94. The maximum Gasteiger partial charge on any atom is 0.472 e. The molecule has 0 aliphatic carbocycles. The van der Waals surface area contributed by atoms with Crippen molar-refractivity contribution in [3.8, 4) is 0 Å². The second-order valence-corrected chi connectivity index (χ2v) is 31.8. The van der Waals surface area contributed by atoms with E-state index in [1.54, 1.807) is 0 Å². The molecule has 0 aliphatic heterocycles. The predicted molar refractivity (Wildman–Crippen MR) is 400 cm³/mol. The van der Waals surface area contributed by atoms with Crippen LogP contribution in [0.4, 0.5) is 0 Å². The molecule has 98 heavy (non-hydrogen) atoms. The van der Waals surface area contributed by atoms with Crippen molar-refractivity contribution in [3.63, 3.8) is 0 Å². The smallest absolute Gasteiger partial charge is 0.462 e. The number of carbonyl (C=O) groups excluding carboxylic acids is 4. The highest BCUT2D eigenvalue weighted by molar-refractivity contribution is 7.47. The number of carbonyl (C=O) groups is 4. The van der Waals surface area contributed by atoms with Gasteiger partial charge < -0.3 is 33.8 Å². The van der Waals surface area contributed by atoms with E-state index in [4.69, 9.17) is 37.0 Å². The van der Waals surface area contributed by atoms with Crippen molar-refractivity contribution in [2.24, 2.45) is 5.92 Å². The SMILES string of the molecule is CCCCCCCCCCCCCCCCCCCCCCCC(=O)O[C@H](COC(=O)CCCCCCCCCCCCCCCCCCC(C)C)COP(=O)(O)OC[C@@H](O)COP(=O)(O)OC[C@@H](COC(=O)CCCCCCCCC)OC(=O)CCCCCCCCCCCCC. The summed E-state index contributed by atoms with van der Waals surface area (Å²) in [7, 11) is -9.91. The van der Waals surface area contributed by atoms with Crippen molar-refractivity contribution in [3.05, 3.63) is 0 Å². The lowest BCUT2D eigenvalue weighted by molar-refractivity contribution is -0.161. The van der Waals surface area contributed by atoms with E-state index in [1.807, 2.05) is 0 Å². The highest BCUT2D eigenvalue weighted by Crippen LogP contribution is 2.45. The molecule has 0 heterocycles. The van der Waals surface area contributed by atoms with Crippen LogP contribution in [0.5, 0.6) is 0 Å². The third-order valence-electron chi connectivity index (χ3n) is 18.5. The molecule has 5 atom stereocenters. The minimum Gasteiger partial charge on any atom is -0.462 e. The fourth-order valence-corrected chi connectivity index (χ4v) is 13.8. The quantitative estimate of drug-likeness (QED) is 0.0222. The van der Waals surface area contributed by atoms with E-state index in [1.165, 1.54) is 231 Å². The summed E-state index contributed by atoms with van der Waals surface area (Å²) in [5.41, 5.74) is 0. The molecular formula is C79H154O17P2. The van der Waals surface area contributed by atoms with Crippen molar-refractivity contribution in [1.82, 2.24) is 0 Å². The Bertz CT molecular complexity index is 1870. The molecule has 0 rings (SSSR count). The summed E-state index contributed by atoms with van der Waals surface area (Å²) in [5.74, 6) is -1.30. The minimum absolute atomic E-state index is 0.107. The molecule has 2 unspecified atom stereocenters. The molecule has 582 valence electrons. The average molecular weight is 1440 g/mol. The van der Waals surface area contributed by atoms with Gasteiger partial charge in [0.2, 0.25) is 0 Å². The first kappa shape index (κ1) is 96.1. The summed E-state index contributed by atoms with van der Waals surface area (Å²) < 4.78 is 68.5. The fraction of sp³-hybridized carbons (Fsp3) is 0.949. The van der Waals surface area contributed by atoms with E-state index in [-0.39, 0.29) is 25.7 Å². The number of esters is 4. The van der Waals surface area contributed by atoms with Crippen molar-refractivity contribution in [1.29, 1.82) is 0 Å². The van der Waals surface area contributed by atoms with Crippen LogP contribution in [0.25, 0.3) is 0 Å². The van der Waals surface area contributed by atoms with Crippen LogP contribution in [0.3, 0.4) is 0 Å². The molecule has 0 aromatic carbocycles. The number of phosphoric acid groups is 2. The van der Waals surface area contributed by atoms with Gasteiger partial charge in [0, 0.05) is 25.7 Å². The van der Waals surface area contributed by atoms with Crippen molar-refractivity contribution in [2.45, 2.75) is 438 Å². The molecule has 0 radical (unpaired) electrons. The lowest BCUT2D eigenvalue weighted by atomic mass is 10.0. The van der Waals surface area contributed by atoms with Gasteiger partial charge in [-0.05, 0) is 31.6 Å². The van der Waals surface area contributed by atoms with Crippen molar-refractivity contribution < 1.29 is 80.2 Å². The first-order valence-corrected chi connectivity index (χ1v) is 44.1. The van der Waals surface area contributed by atoms with E-state index in [2.05, 4.69) is 34.6 Å². The van der Waals surface area contributed by atoms with Crippen LogP contribution in [-0.4, -0.2) is 96.7 Å². The molecule has 0 fully saturated rings. The third kappa shape index (κ3) is 72.4. The number of hydrogen-bond donors (Lipinski definition) is 3. The summed E-state index contributed by atoms with van der Waals surface area (Å²) in [6, 6.07) is 0. The van der Waals surface area contributed by atoms with Gasteiger partial charge in [-0.15, -0.1) is 0 Å². The van der Waals surface area contributed by atoms with E-state index in [0.717, 1.165) is 109 Å². The van der Waals surface area contributed by atoms with Gasteiger partial charge in [-0.25, -0.2) is 9.13 Å². The predicted octanol–water partition coefficient (Wildman–Crippen LogP) is 23.6. The van der Waals surface area contributed by atoms with Gasteiger partial charge in [0.15, 0.2) is 12.2 Å². The van der Waals surface area contributed by atoms with E-state index in [0.29, 0.717) is 25.7 Å². The Morgan fingerprint density at radius 3 is 0.694 bits per heavy atom. The van der Waals surface area contributed by atoms with Gasteiger partial charge in [-0.3, -0.25) is 37.3 Å². The first-order valence-electron chi connectivity index (χ1n) is 41.1. The maximum absolute atomic E-state index is 13.1. The first-order chi connectivity index (χ1) is 47.5. The lowest BCUT2D eigenvalue weighted by Gasteiger charge is -2.21. The summed E-state index contributed by atoms with van der Waals surface area (Å²) in [5, 5.41) is 10.6. The fourth-order valence-electron chi connectivity index (χ4n) is 12.2. The summed E-state index contributed by atoms with van der Waals surface area (Å²) in [6.07, 6.45) is 62.7. The Labute approximate surface area is 600 Å². The molecule has 0 spiro atoms. The highest BCUT2D eigenvalue weighted by atomic mass is 31.2. The standard InChI is InChI=1S/C79H154O17P2/c1-6-9-12-15-18-20-22-23-24-25-26-27-28-29-34-37-41-45-50-55-60-65-79(84)96-75(69-90-77(82)63-58-53-48-43-40-36-33-31-30-32-35-39-42-47-51-56-61-72(4)5)71-94-98(87,88)92-67-73(80)66-91-97(85,86)93-70-74(68-89-76(81)62-57-52-46-17-14-11-8-3)95-78(83)64-59-54-49-44-38-21-19-16-13-10-7-2/h72-75,80H,6-71H2,1-5H3,(H,85,86)(H,87,88)/t73-,74+,75+/m0/s1. The molecule has 0 aliphatic rings. The molecule has 0 bridgehead atoms. The Kier molecular flexibility index (Phi) is 70.6. The van der Waals surface area contributed by atoms with Crippen LogP contribution in [-0.2, 0) is 65.4 Å². The van der Waals surface area contributed by atoms with Gasteiger partial charge in [-0.1, -0.05) is 369 Å². The number of hydrogen-bond acceptors (Lipinski definition) is 15. The van der Waals surface area contributed by atoms with E-state index < -0.39 is 97.5 Å². The maximum atomic E-state index is 13.1. The second-order valence-electron chi connectivity index (χ2n) is 28.9. The van der Waals surface area contributed by atoms with Crippen LogP contribution < -0.4 is 0 Å². The van der Waals surface area contributed by atoms with Crippen molar-refractivity contribution >= 4 is 39.5 Å². The zero-order chi connectivity index (χ0) is 71.9. The topological polar surface area (TPSA) is 237 Å². The van der Waals surface area contributed by atoms with Crippen LogP contribution >= 0.6 is 15.6 Å². The Morgan fingerprint density at radius 1 is 0.276 bits per heavy atom. The minimum atomic E-state index is -4.96. The molecule has 19 heteroatoms. The molecular weight excluding hydrogens is 1280 g/mol. The normalized spacial score (nSPS) is 13.9. The third-order valence-corrected chi connectivity index (χ3v) is 20.4. The van der Waals surface area contributed by atoms with Crippen LogP contribution in [0.15, 0.2) is 0 Å². The lowest BCUT2D eigenvalue weighted by Crippen LogP contribution is -2.30. The average Bonchev–Trinajstić information content (AvgIpc) is 1.59. The highest BCUT2D eigenvalue weighted by Gasteiger charge is 2.30. The molecule has 17 nitrogen and oxygen atoms in total. The summed E-state index contributed by atoms with van der Waals surface area (Å²) in [4.78, 5) is 72.7. The molecule has 0 amide bonds. The Morgan fingerprint density at radius 2 is 0.469 bits per heavy atom. The zero-order valence-corrected chi connectivity index (χ0v) is 65.7. The Balaban J connectivity index is 5.15. The second kappa shape index (κ2) is 72.0. The van der Waals surface area contributed by atoms with Gasteiger partial charge >= 0.3 is 39.5 Å².